The van der Waals surface area contributed by atoms with Gasteiger partial charge in [0.05, 0.1) is 19.8 Å². The van der Waals surface area contributed by atoms with Crippen LogP contribution in [-0.2, 0) is 38.1 Å². The summed E-state index contributed by atoms with van der Waals surface area (Å²) in [6, 6.07) is 0. The first kappa shape index (κ1) is 29.0. The van der Waals surface area contributed by atoms with E-state index in [1.165, 1.54) is 0 Å². The third-order valence-electron chi connectivity index (χ3n) is 3.12. The van der Waals surface area contributed by atoms with Crippen LogP contribution < -0.4 is 0 Å². The Morgan fingerprint density at radius 3 is 1.57 bits per heavy atom. The van der Waals surface area contributed by atoms with Crippen LogP contribution in [0, 0.1) is 0 Å². The zero-order chi connectivity index (χ0) is 23.5. The van der Waals surface area contributed by atoms with E-state index in [1.54, 1.807) is 20.8 Å². The Labute approximate surface area is 178 Å². The van der Waals surface area contributed by atoms with Crippen molar-refractivity contribution >= 4 is 23.9 Å². The SMILES string of the molecule is C=C(C)C(=O)OCCCCOC(=O)C(=C)C.C=CC(=O)OCCC(C)OC(=O)C=C. The molecule has 0 rings (SSSR count). The van der Waals surface area contributed by atoms with E-state index in [-0.39, 0.29) is 24.6 Å². The van der Waals surface area contributed by atoms with Gasteiger partial charge in [-0.1, -0.05) is 26.3 Å². The van der Waals surface area contributed by atoms with Gasteiger partial charge in [-0.3, -0.25) is 0 Å². The van der Waals surface area contributed by atoms with Crippen LogP contribution in [-0.4, -0.2) is 49.8 Å². The van der Waals surface area contributed by atoms with Gasteiger partial charge in [-0.05, 0) is 33.6 Å². The first-order valence-corrected chi connectivity index (χ1v) is 9.32. The van der Waals surface area contributed by atoms with Crippen LogP contribution in [0.15, 0.2) is 49.6 Å². The van der Waals surface area contributed by atoms with Crippen LogP contribution in [0.3, 0.4) is 0 Å². The number of esters is 4. The van der Waals surface area contributed by atoms with E-state index in [0.29, 0.717) is 43.6 Å². The van der Waals surface area contributed by atoms with Crippen molar-refractivity contribution in [2.45, 2.75) is 46.1 Å². The fourth-order valence-corrected chi connectivity index (χ4v) is 1.47. The molecule has 168 valence electrons. The number of unbranched alkanes of at least 4 members (excludes halogenated alkanes) is 1. The van der Waals surface area contributed by atoms with Crippen LogP contribution >= 0.6 is 0 Å². The minimum Gasteiger partial charge on any atom is -0.462 e. The molecule has 0 radical (unpaired) electrons. The van der Waals surface area contributed by atoms with E-state index in [9.17, 15) is 19.2 Å². The van der Waals surface area contributed by atoms with Crippen LogP contribution in [0.2, 0.25) is 0 Å². The molecule has 0 aliphatic carbocycles. The lowest BCUT2D eigenvalue weighted by molar-refractivity contribution is -0.144. The van der Waals surface area contributed by atoms with E-state index in [2.05, 4.69) is 26.3 Å². The Kier molecular flexibility index (Phi) is 17.3. The molecule has 0 saturated heterocycles. The maximum atomic E-state index is 11.0. The van der Waals surface area contributed by atoms with Gasteiger partial charge in [-0.25, -0.2) is 19.2 Å². The molecule has 0 aromatic heterocycles. The highest BCUT2D eigenvalue weighted by Gasteiger charge is 2.07. The van der Waals surface area contributed by atoms with Gasteiger partial charge < -0.3 is 18.9 Å². The van der Waals surface area contributed by atoms with E-state index in [0.717, 1.165) is 12.2 Å². The minimum absolute atomic E-state index is 0.205. The highest BCUT2D eigenvalue weighted by atomic mass is 16.6. The third kappa shape index (κ3) is 18.2. The number of hydrogen-bond donors (Lipinski definition) is 0. The molecule has 30 heavy (non-hydrogen) atoms. The van der Waals surface area contributed by atoms with E-state index in [1.807, 2.05) is 0 Å². The summed E-state index contributed by atoms with van der Waals surface area (Å²) in [5, 5.41) is 0. The molecule has 0 heterocycles. The molecule has 0 bridgehead atoms. The summed E-state index contributed by atoms with van der Waals surface area (Å²) in [4.78, 5) is 43.2. The van der Waals surface area contributed by atoms with Gasteiger partial charge in [0.15, 0.2) is 0 Å². The third-order valence-corrected chi connectivity index (χ3v) is 3.12. The molecule has 0 N–H and O–H groups in total. The monoisotopic (exact) mass is 424 g/mol. The number of carbonyl (C=O) groups excluding carboxylic acids is 4. The molecule has 0 amide bonds. The van der Waals surface area contributed by atoms with Crippen LogP contribution in [0.1, 0.15) is 40.0 Å². The Balaban J connectivity index is 0. The smallest absolute Gasteiger partial charge is 0.333 e. The average molecular weight is 424 g/mol. The molecule has 0 aromatic rings. The quantitative estimate of drug-likeness (QED) is 0.192. The summed E-state index contributed by atoms with van der Waals surface area (Å²) in [6.07, 6.45) is 3.65. The Hall–Kier alpha value is -3.16. The lowest BCUT2D eigenvalue weighted by Crippen LogP contribution is -2.16. The molecule has 8 nitrogen and oxygen atoms in total. The number of rotatable bonds is 13. The van der Waals surface area contributed by atoms with Crippen LogP contribution in [0.25, 0.3) is 0 Å². The maximum absolute atomic E-state index is 11.0. The minimum atomic E-state index is -0.479. The van der Waals surface area contributed by atoms with Crippen molar-refractivity contribution in [2.24, 2.45) is 0 Å². The van der Waals surface area contributed by atoms with E-state index in [4.69, 9.17) is 18.9 Å². The fraction of sp³-hybridized carbons (Fsp3) is 0.455. The van der Waals surface area contributed by atoms with Crippen LogP contribution in [0.4, 0.5) is 0 Å². The van der Waals surface area contributed by atoms with E-state index < -0.39 is 11.9 Å². The highest BCUT2D eigenvalue weighted by Crippen LogP contribution is 2.00. The summed E-state index contributed by atoms with van der Waals surface area (Å²) in [6.45, 7) is 19.2. The average Bonchev–Trinajstić information content (AvgIpc) is 2.69. The van der Waals surface area contributed by atoms with Gasteiger partial charge in [0, 0.05) is 29.7 Å². The molecule has 1 unspecified atom stereocenters. The summed E-state index contributed by atoms with van der Waals surface area (Å²) in [5.74, 6) is -1.74. The summed E-state index contributed by atoms with van der Waals surface area (Å²) >= 11 is 0. The summed E-state index contributed by atoms with van der Waals surface area (Å²) < 4.78 is 19.3. The first-order chi connectivity index (χ1) is 14.0. The van der Waals surface area contributed by atoms with Gasteiger partial charge >= 0.3 is 23.9 Å². The van der Waals surface area contributed by atoms with Crippen molar-refractivity contribution in [1.82, 2.24) is 0 Å². The Morgan fingerprint density at radius 2 is 1.20 bits per heavy atom. The van der Waals surface area contributed by atoms with Crippen molar-refractivity contribution in [1.29, 1.82) is 0 Å². The molecule has 0 aromatic carbocycles. The van der Waals surface area contributed by atoms with Crippen molar-refractivity contribution in [2.75, 3.05) is 19.8 Å². The lowest BCUT2D eigenvalue weighted by Gasteiger charge is -2.11. The first-order valence-electron chi connectivity index (χ1n) is 9.32. The van der Waals surface area contributed by atoms with Crippen molar-refractivity contribution in [3.05, 3.63) is 49.6 Å². The molecule has 0 spiro atoms. The van der Waals surface area contributed by atoms with E-state index >= 15 is 0 Å². The molecule has 0 aliphatic heterocycles. The lowest BCUT2D eigenvalue weighted by atomic mass is 10.3. The number of carbonyl (C=O) groups is 4. The molecule has 0 saturated carbocycles. The maximum Gasteiger partial charge on any atom is 0.333 e. The Morgan fingerprint density at radius 1 is 0.767 bits per heavy atom. The highest BCUT2D eigenvalue weighted by molar-refractivity contribution is 5.87. The molecule has 0 aliphatic rings. The van der Waals surface area contributed by atoms with Gasteiger partial charge in [-0.2, -0.15) is 0 Å². The molecular weight excluding hydrogens is 392 g/mol. The molecule has 8 heteroatoms. The molecule has 0 fully saturated rings. The van der Waals surface area contributed by atoms with Crippen molar-refractivity contribution in [3.8, 4) is 0 Å². The van der Waals surface area contributed by atoms with Crippen molar-refractivity contribution in [3.63, 3.8) is 0 Å². The molecular formula is C22H32O8. The zero-order valence-corrected chi connectivity index (χ0v) is 18.1. The summed E-state index contributed by atoms with van der Waals surface area (Å²) in [5.41, 5.74) is 0.766. The summed E-state index contributed by atoms with van der Waals surface area (Å²) in [7, 11) is 0. The predicted octanol–water partition coefficient (Wildman–Crippen LogP) is 3.23. The molecule has 1 atom stereocenters. The topological polar surface area (TPSA) is 105 Å². The van der Waals surface area contributed by atoms with Gasteiger partial charge in [0.2, 0.25) is 0 Å². The van der Waals surface area contributed by atoms with Gasteiger partial charge in [0.25, 0.3) is 0 Å². The van der Waals surface area contributed by atoms with Crippen LogP contribution in [0.5, 0.6) is 0 Å². The second kappa shape index (κ2) is 17.9. The second-order valence-corrected chi connectivity index (χ2v) is 6.15. The zero-order valence-electron chi connectivity index (χ0n) is 18.1. The predicted molar refractivity (Wildman–Crippen MR) is 112 cm³/mol. The van der Waals surface area contributed by atoms with Crippen molar-refractivity contribution < 1.29 is 38.1 Å². The largest absolute Gasteiger partial charge is 0.462 e. The fourth-order valence-electron chi connectivity index (χ4n) is 1.47. The second-order valence-electron chi connectivity index (χ2n) is 6.15. The van der Waals surface area contributed by atoms with Gasteiger partial charge in [-0.15, -0.1) is 0 Å². The number of hydrogen-bond acceptors (Lipinski definition) is 8. The Bertz CT molecular complexity index is 603. The number of ether oxygens (including phenoxy) is 4. The standard InChI is InChI=1S/C12H18O4.C10H14O4/c1-9(2)11(13)15-7-5-6-8-16-12(14)10(3)4;1-4-9(11)13-7-6-8(3)14-10(12)5-2/h1,3,5-8H2,2,4H3;4-5,8H,1-2,6-7H2,3H3. The normalized spacial score (nSPS) is 10.2. The van der Waals surface area contributed by atoms with Gasteiger partial charge in [0.1, 0.15) is 6.10 Å².